The van der Waals surface area contributed by atoms with Crippen LogP contribution in [0, 0.1) is 11.8 Å². The SMILES string of the molecule is CC(C)CC(C)CC(=O)NCc1ccccc1CO. The summed E-state index contributed by atoms with van der Waals surface area (Å²) in [5, 5.41) is 12.1. The first kappa shape index (κ1) is 15.7. The first-order chi connectivity index (χ1) is 9.02. The summed E-state index contributed by atoms with van der Waals surface area (Å²) in [5.41, 5.74) is 1.85. The van der Waals surface area contributed by atoms with Gasteiger partial charge in [-0.15, -0.1) is 0 Å². The lowest BCUT2D eigenvalue weighted by molar-refractivity contribution is -0.122. The van der Waals surface area contributed by atoms with Gasteiger partial charge in [-0.3, -0.25) is 4.79 Å². The Morgan fingerprint density at radius 2 is 1.84 bits per heavy atom. The van der Waals surface area contributed by atoms with Gasteiger partial charge in [0.15, 0.2) is 0 Å². The molecule has 0 spiro atoms. The molecule has 0 bridgehead atoms. The molecule has 3 heteroatoms. The Balaban J connectivity index is 2.41. The lowest BCUT2D eigenvalue weighted by atomic mass is 9.96. The zero-order valence-corrected chi connectivity index (χ0v) is 12.1. The summed E-state index contributed by atoms with van der Waals surface area (Å²) in [7, 11) is 0. The van der Waals surface area contributed by atoms with E-state index in [4.69, 9.17) is 0 Å². The molecular formula is C16H25NO2. The van der Waals surface area contributed by atoms with Crippen LogP contribution in [0.5, 0.6) is 0 Å². The molecule has 0 aliphatic carbocycles. The van der Waals surface area contributed by atoms with Crippen LogP contribution in [0.25, 0.3) is 0 Å². The number of aliphatic hydroxyl groups excluding tert-OH is 1. The number of carbonyl (C=O) groups is 1. The molecule has 0 saturated carbocycles. The Hall–Kier alpha value is -1.35. The zero-order valence-electron chi connectivity index (χ0n) is 12.1. The minimum Gasteiger partial charge on any atom is -0.392 e. The minimum atomic E-state index is 0.00972. The lowest BCUT2D eigenvalue weighted by Crippen LogP contribution is -2.25. The summed E-state index contributed by atoms with van der Waals surface area (Å²) in [4.78, 5) is 11.8. The molecule has 0 radical (unpaired) electrons. The molecule has 3 nitrogen and oxygen atoms in total. The van der Waals surface area contributed by atoms with Crippen molar-refractivity contribution >= 4 is 5.91 Å². The highest BCUT2D eigenvalue weighted by atomic mass is 16.3. The third-order valence-corrected chi connectivity index (χ3v) is 3.17. The monoisotopic (exact) mass is 263 g/mol. The predicted molar refractivity (Wildman–Crippen MR) is 77.4 cm³/mol. The summed E-state index contributed by atoms with van der Waals surface area (Å²) in [6.07, 6.45) is 1.64. The Bertz CT molecular complexity index is 401. The molecule has 0 saturated heterocycles. The maximum Gasteiger partial charge on any atom is 0.220 e. The van der Waals surface area contributed by atoms with Crippen LogP contribution in [-0.4, -0.2) is 11.0 Å². The average Bonchev–Trinajstić information content (AvgIpc) is 2.35. The Labute approximate surface area is 116 Å². The third-order valence-electron chi connectivity index (χ3n) is 3.17. The number of hydrogen-bond donors (Lipinski definition) is 2. The van der Waals surface area contributed by atoms with Crippen molar-refractivity contribution in [3.8, 4) is 0 Å². The summed E-state index contributed by atoms with van der Waals surface area (Å²) in [6.45, 7) is 6.96. The Morgan fingerprint density at radius 1 is 1.21 bits per heavy atom. The van der Waals surface area contributed by atoms with Gasteiger partial charge < -0.3 is 10.4 Å². The molecule has 0 aliphatic rings. The van der Waals surface area contributed by atoms with Crippen LogP contribution in [-0.2, 0) is 17.9 Å². The molecule has 0 aliphatic heterocycles. The zero-order chi connectivity index (χ0) is 14.3. The van der Waals surface area contributed by atoms with Crippen molar-refractivity contribution in [2.24, 2.45) is 11.8 Å². The topological polar surface area (TPSA) is 49.3 Å². The van der Waals surface area contributed by atoms with Crippen molar-refractivity contribution in [1.82, 2.24) is 5.32 Å². The molecule has 1 amide bonds. The first-order valence-corrected chi connectivity index (χ1v) is 6.97. The van der Waals surface area contributed by atoms with Crippen LogP contribution in [0.2, 0.25) is 0 Å². The number of amides is 1. The van der Waals surface area contributed by atoms with Gasteiger partial charge in [0.25, 0.3) is 0 Å². The third kappa shape index (κ3) is 5.88. The van der Waals surface area contributed by atoms with Crippen molar-refractivity contribution in [2.75, 3.05) is 0 Å². The van der Waals surface area contributed by atoms with E-state index < -0.39 is 0 Å². The van der Waals surface area contributed by atoms with Crippen LogP contribution in [0.4, 0.5) is 0 Å². The fraction of sp³-hybridized carbons (Fsp3) is 0.562. The largest absolute Gasteiger partial charge is 0.392 e. The first-order valence-electron chi connectivity index (χ1n) is 6.97. The van der Waals surface area contributed by atoms with E-state index >= 15 is 0 Å². The van der Waals surface area contributed by atoms with E-state index in [2.05, 4.69) is 26.1 Å². The summed E-state index contributed by atoms with van der Waals surface area (Å²) in [6, 6.07) is 7.62. The molecule has 1 rings (SSSR count). The van der Waals surface area contributed by atoms with E-state index in [1.807, 2.05) is 24.3 Å². The van der Waals surface area contributed by atoms with Crippen LogP contribution >= 0.6 is 0 Å². The molecule has 2 N–H and O–H groups in total. The fourth-order valence-electron chi connectivity index (χ4n) is 2.35. The van der Waals surface area contributed by atoms with Crippen molar-refractivity contribution in [2.45, 2.75) is 46.8 Å². The molecule has 1 unspecified atom stereocenters. The van der Waals surface area contributed by atoms with Gasteiger partial charge in [-0.05, 0) is 29.4 Å². The molecule has 1 aromatic carbocycles. The highest BCUT2D eigenvalue weighted by molar-refractivity contribution is 5.76. The van der Waals surface area contributed by atoms with E-state index in [0.29, 0.717) is 24.8 Å². The van der Waals surface area contributed by atoms with Crippen LogP contribution in [0.1, 0.15) is 44.7 Å². The smallest absolute Gasteiger partial charge is 0.220 e. The molecule has 1 atom stereocenters. The molecule has 0 fully saturated rings. The van der Waals surface area contributed by atoms with Gasteiger partial charge in [-0.25, -0.2) is 0 Å². The quantitative estimate of drug-likeness (QED) is 0.794. The normalized spacial score (nSPS) is 12.5. The molecule has 106 valence electrons. The highest BCUT2D eigenvalue weighted by Crippen LogP contribution is 2.14. The van der Waals surface area contributed by atoms with Gasteiger partial charge in [-0.1, -0.05) is 45.0 Å². The summed E-state index contributed by atoms with van der Waals surface area (Å²) >= 11 is 0. The van der Waals surface area contributed by atoms with E-state index in [0.717, 1.165) is 17.5 Å². The van der Waals surface area contributed by atoms with E-state index in [1.165, 1.54) is 0 Å². The van der Waals surface area contributed by atoms with Crippen molar-refractivity contribution in [1.29, 1.82) is 0 Å². The van der Waals surface area contributed by atoms with Crippen molar-refractivity contribution < 1.29 is 9.90 Å². The standard InChI is InChI=1S/C16H25NO2/c1-12(2)8-13(3)9-16(19)17-10-14-6-4-5-7-15(14)11-18/h4-7,12-13,18H,8-11H2,1-3H3,(H,17,19). The number of carbonyl (C=O) groups excluding carboxylic acids is 1. The number of rotatable bonds is 7. The average molecular weight is 263 g/mol. The predicted octanol–water partition coefficient (Wildman–Crippen LogP) is 2.87. The van der Waals surface area contributed by atoms with Gasteiger partial charge in [0.2, 0.25) is 5.91 Å². The molecule has 19 heavy (non-hydrogen) atoms. The van der Waals surface area contributed by atoms with Gasteiger partial charge in [0.1, 0.15) is 0 Å². The minimum absolute atomic E-state index is 0.00972. The maximum atomic E-state index is 11.8. The van der Waals surface area contributed by atoms with E-state index in [-0.39, 0.29) is 12.5 Å². The number of benzene rings is 1. The van der Waals surface area contributed by atoms with Crippen molar-refractivity contribution in [3.05, 3.63) is 35.4 Å². The Morgan fingerprint density at radius 3 is 2.42 bits per heavy atom. The van der Waals surface area contributed by atoms with Gasteiger partial charge in [0.05, 0.1) is 6.61 Å². The van der Waals surface area contributed by atoms with Gasteiger partial charge in [-0.2, -0.15) is 0 Å². The van der Waals surface area contributed by atoms with E-state index in [9.17, 15) is 9.90 Å². The fourth-order valence-corrected chi connectivity index (χ4v) is 2.35. The van der Waals surface area contributed by atoms with Crippen LogP contribution in [0.15, 0.2) is 24.3 Å². The molecule has 0 aromatic heterocycles. The van der Waals surface area contributed by atoms with Crippen molar-refractivity contribution in [3.63, 3.8) is 0 Å². The van der Waals surface area contributed by atoms with Gasteiger partial charge in [0, 0.05) is 13.0 Å². The highest BCUT2D eigenvalue weighted by Gasteiger charge is 2.11. The lowest BCUT2D eigenvalue weighted by Gasteiger charge is -2.14. The second-order valence-electron chi connectivity index (χ2n) is 5.64. The number of aliphatic hydroxyl groups is 1. The van der Waals surface area contributed by atoms with Crippen LogP contribution in [0.3, 0.4) is 0 Å². The number of hydrogen-bond acceptors (Lipinski definition) is 2. The number of nitrogens with one attached hydrogen (secondary N) is 1. The van der Waals surface area contributed by atoms with Crippen LogP contribution < -0.4 is 5.32 Å². The molecular weight excluding hydrogens is 238 g/mol. The molecule has 1 aromatic rings. The molecule has 0 heterocycles. The summed E-state index contributed by atoms with van der Waals surface area (Å²) < 4.78 is 0. The second kappa shape index (κ2) is 7.95. The van der Waals surface area contributed by atoms with Gasteiger partial charge >= 0.3 is 0 Å². The Kier molecular flexibility index (Phi) is 6.57. The van der Waals surface area contributed by atoms with E-state index in [1.54, 1.807) is 0 Å². The second-order valence-corrected chi connectivity index (χ2v) is 5.64. The summed E-state index contributed by atoms with van der Waals surface area (Å²) in [5.74, 6) is 1.12. The maximum absolute atomic E-state index is 11.8.